The van der Waals surface area contributed by atoms with Gasteiger partial charge in [0.15, 0.2) is 0 Å². The summed E-state index contributed by atoms with van der Waals surface area (Å²) in [6.07, 6.45) is 0.236. The van der Waals surface area contributed by atoms with Gasteiger partial charge < -0.3 is 15.2 Å². The third-order valence-electron chi connectivity index (χ3n) is 1.40. The smallest absolute Gasteiger partial charge is 0.0937 e. The molecule has 0 amide bonds. The Morgan fingerprint density at radius 1 is 1.23 bits per heavy atom. The van der Waals surface area contributed by atoms with Crippen LogP contribution in [-0.4, -0.2) is 31.0 Å². The van der Waals surface area contributed by atoms with Gasteiger partial charge in [-0.05, 0) is 34.6 Å². The SMILES string of the molecule is CC(C)OC[C@H](CN)OC(C)(C)C. The molecular weight excluding hydrogens is 166 g/mol. The monoisotopic (exact) mass is 189 g/mol. The van der Waals surface area contributed by atoms with Gasteiger partial charge in [-0.3, -0.25) is 0 Å². The molecule has 3 heteroatoms. The molecule has 0 aromatic heterocycles. The Hall–Kier alpha value is -0.120. The average molecular weight is 189 g/mol. The van der Waals surface area contributed by atoms with Crippen molar-refractivity contribution in [2.45, 2.75) is 52.4 Å². The van der Waals surface area contributed by atoms with E-state index in [0.717, 1.165) is 0 Å². The lowest BCUT2D eigenvalue weighted by Gasteiger charge is -2.27. The third kappa shape index (κ3) is 8.22. The van der Waals surface area contributed by atoms with Crippen molar-refractivity contribution < 1.29 is 9.47 Å². The van der Waals surface area contributed by atoms with Gasteiger partial charge in [-0.25, -0.2) is 0 Å². The quantitative estimate of drug-likeness (QED) is 0.713. The molecule has 3 nitrogen and oxygen atoms in total. The average Bonchev–Trinajstić information content (AvgIpc) is 1.95. The minimum absolute atomic E-state index is 0.00222. The zero-order chi connectivity index (χ0) is 10.5. The zero-order valence-corrected chi connectivity index (χ0v) is 9.46. The van der Waals surface area contributed by atoms with E-state index < -0.39 is 0 Å². The third-order valence-corrected chi connectivity index (χ3v) is 1.40. The van der Waals surface area contributed by atoms with Crippen molar-refractivity contribution in [3.05, 3.63) is 0 Å². The molecule has 13 heavy (non-hydrogen) atoms. The molecule has 2 N–H and O–H groups in total. The van der Waals surface area contributed by atoms with Crippen LogP contribution in [0.3, 0.4) is 0 Å². The van der Waals surface area contributed by atoms with E-state index in [1.54, 1.807) is 0 Å². The molecule has 0 aromatic carbocycles. The number of nitrogens with two attached hydrogens (primary N) is 1. The maximum absolute atomic E-state index is 5.69. The summed E-state index contributed by atoms with van der Waals surface area (Å²) in [5, 5.41) is 0. The van der Waals surface area contributed by atoms with Gasteiger partial charge in [0.25, 0.3) is 0 Å². The summed E-state index contributed by atoms with van der Waals surface area (Å²) in [4.78, 5) is 0. The van der Waals surface area contributed by atoms with Gasteiger partial charge in [-0.1, -0.05) is 0 Å². The van der Waals surface area contributed by atoms with E-state index in [2.05, 4.69) is 0 Å². The molecule has 0 aliphatic carbocycles. The van der Waals surface area contributed by atoms with E-state index in [1.807, 2.05) is 34.6 Å². The Labute approximate surface area is 81.6 Å². The molecule has 0 aromatic rings. The van der Waals surface area contributed by atoms with Crippen molar-refractivity contribution in [3.8, 4) is 0 Å². The van der Waals surface area contributed by atoms with Gasteiger partial charge in [-0.15, -0.1) is 0 Å². The fourth-order valence-electron chi connectivity index (χ4n) is 0.950. The summed E-state index contributed by atoms with van der Waals surface area (Å²) < 4.78 is 11.1. The van der Waals surface area contributed by atoms with E-state index in [1.165, 1.54) is 0 Å². The van der Waals surface area contributed by atoms with Crippen LogP contribution in [0, 0.1) is 0 Å². The first-order valence-electron chi connectivity index (χ1n) is 4.84. The van der Waals surface area contributed by atoms with Crippen molar-refractivity contribution in [1.29, 1.82) is 0 Å². The summed E-state index contributed by atoms with van der Waals surface area (Å²) in [5.41, 5.74) is 5.41. The van der Waals surface area contributed by atoms with Gasteiger partial charge >= 0.3 is 0 Å². The van der Waals surface area contributed by atoms with Crippen LogP contribution in [0.25, 0.3) is 0 Å². The first kappa shape index (κ1) is 12.9. The topological polar surface area (TPSA) is 44.5 Å². The lowest BCUT2D eigenvalue weighted by Crippen LogP contribution is -2.36. The van der Waals surface area contributed by atoms with E-state index >= 15 is 0 Å². The fraction of sp³-hybridized carbons (Fsp3) is 1.00. The van der Waals surface area contributed by atoms with E-state index in [9.17, 15) is 0 Å². The molecular formula is C10H23NO2. The molecule has 0 saturated heterocycles. The van der Waals surface area contributed by atoms with E-state index in [-0.39, 0.29) is 17.8 Å². The Morgan fingerprint density at radius 2 is 1.77 bits per heavy atom. The van der Waals surface area contributed by atoms with Gasteiger partial charge in [0.05, 0.1) is 24.4 Å². The standard InChI is InChI=1S/C10H23NO2/c1-8(2)12-7-9(6-11)13-10(3,4)5/h8-9H,6-7,11H2,1-5H3/t9-/m0/s1. The lowest BCUT2D eigenvalue weighted by atomic mass is 10.2. The van der Waals surface area contributed by atoms with Crippen LogP contribution in [0.5, 0.6) is 0 Å². The van der Waals surface area contributed by atoms with Crippen LogP contribution in [0.15, 0.2) is 0 Å². The minimum Gasteiger partial charge on any atom is -0.376 e. The molecule has 1 atom stereocenters. The van der Waals surface area contributed by atoms with Gasteiger partial charge in [0.1, 0.15) is 0 Å². The Balaban J connectivity index is 3.76. The van der Waals surface area contributed by atoms with Crippen LogP contribution in [0.2, 0.25) is 0 Å². The number of ether oxygens (including phenoxy) is 2. The Morgan fingerprint density at radius 3 is 2.08 bits per heavy atom. The lowest BCUT2D eigenvalue weighted by molar-refractivity contribution is -0.0962. The second-order valence-electron chi connectivity index (χ2n) is 4.47. The maximum atomic E-state index is 5.69. The summed E-state index contributed by atoms with van der Waals surface area (Å²) in [7, 11) is 0. The predicted molar refractivity (Wildman–Crippen MR) is 54.8 cm³/mol. The molecule has 0 saturated carbocycles. The first-order valence-corrected chi connectivity index (χ1v) is 4.84. The highest BCUT2D eigenvalue weighted by Crippen LogP contribution is 2.10. The number of hydrogen-bond donors (Lipinski definition) is 1. The molecule has 0 aliphatic rings. The molecule has 0 aliphatic heterocycles. The summed E-state index contributed by atoms with van der Waals surface area (Å²) in [6, 6.07) is 0. The summed E-state index contributed by atoms with van der Waals surface area (Å²) in [6.45, 7) is 11.1. The normalized spacial score (nSPS) is 15.0. The number of hydrogen-bond acceptors (Lipinski definition) is 3. The van der Waals surface area contributed by atoms with Crippen LogP contribution in [0.4, 0.5) is 0 Å². The van der Waals surface area contributed by atoms with Crippen molar-refractivity contribution >= 4 is 0 Å². The molecule has 0 spiro atoms. The molecule has 80 valence electrons. The molecule has 0 bridgehead atoms. The van der Waals surface area contributed by atoms with E-state index in [4.69, 9.17) is 15.2 Å². The number of rotatable bonds is 5. The first-order chi connectivity index (χ1) is 5.85. The van der Waals surface area contributed by atoms with Crippen molar-refractivity contribution in [2.75, 3.05) is 13.2 Å². The second kappa shape index (κ2) is 5.58. The van der Waals surface area contributed by atoms with Crippen molar-refractivity contribution in [3.63, 3.8) is 0 Å². The highest BCUT2D eigenvalue weighted by molar-refractivity contribution is 4.66. The van der Waals surface area contributed by atoms with Crippen molar-refractivity contribution in [2.24, 2.45) is 5.73 Å². The molecule has 0 radical (unpaired) electrons. The van der Waals surface area contributed by atoms with Crippen LogP contribution in [-0.2, 0) is 9.47 Å². The fourth-order valence-corrected chi connectivity index (χ4v) is 0.950. The van der Waals surface area contributed by atoms with E-state index in [0.29, 0.717) is 13.2 Å². The van der Waals surface area contributed by atoms with Crippen molar-refractivity contribution in [1.82, 2.24) is 0 Å². The predicted octanol–water partition coefficient (Wildman–Crippen LogP) is 1.55. The van der Waals surface area contributed by atoms with Crippen LogP contribution >= 0.6 is 0 Å². The molecule has 0 rings (SSSR count). The van der Waals surface area contributed by atoms with Crippen LogP contribution < -0.4 is 5.73 Å². The van der Waals surface area contributed by atoms with Gasteiger partial charge in [0.2, 0.25) is 0 Å². The zero-order valence-electron chi connectivity index (χ0n) is 9.46. The maximum Gasteiger partial charge on any atom is 0.0937 e. The molecule has 0 fully saturated rings. The largest absolute Gasteiger partial charge is 0.376 e. The second-order valence-corrected chi connectivity index (χ2v) is 4.47. The summed E-state index contributed by atoms with van der Waals surface area (Å²) in [5.74, 6) is 0. The Bertz CT molecular complexity index is 129. The minimum atomic E-state index is -0.148. The Kier molecular flexibility index (Phi) is 5.53. The summed E-state index contributed by atoms with van der Waals surface area (Å²) >= 11 is 0. The van der Waals surface area contributed by atoms with Gasteiger partial charge in [0, 0.05) is 6.54 Å². The highest BCUT2D eigenvalue weighted by atomic mass is 16.5. The van der Waals surface area contributed by atoms with Gasteiger partial charge in [-0.2, -0.15) is 0 Å². The molecule has 0 unspecified atom stereocenters. The van der Waals surface area contributed by atoms with Crippen LogP contribution in [0.1, 0.15) is 34.6 Å². The highest BCUT2D eigenvalue weighted by Gasteiger charge is 2.17. The molecule has 0 heterocycles.